The van der Waals surface area contributed by atoms with Crippen LogP contribution in [-0.2, 0) is 0 Å². The minimum absolute atomic E-state index is 0.0931. The first-order valence-corrected chi connectivity index (χ1v) is 10.8. The summed E-state index contributed by atoms with van der Waals surface area (Å²) in [6, 6.07) is 7.96. The van der Waals surface area contributed by atoms with Crippen LogP contribution in [0.2, 0.25) is 4.34 Å². The summed E-state index contributed by atoms with van der Waals surface area (Å²) in [7, 11) is 0. The molecule has 2 aliphatic heterocycles. The molecular formula is C20H21ClN4O4S. The molecule has 0 saturated carbocycles. The lowest BCUT2D eigenvalue weighted by Gasteiger charge is -2.30. The number of thiophene rings is 1. The zero-order chi connectivity index (χ0) is 21.3. The second-order valence-electron chi connectivity index (χ2n) is 7.21. The number of imide groups is 1. The summed E-state index contributed by atoms with van der Waals surface area (Å²) in [4.78, 5) is 41.8. The molecule has 1 fully saturated rings. The molecule has 1 atom stereocenters. The van der Waals surface area contributed by atoms with E-state index in [1.807, 2.05) is 0 Å². The number of halogens is 1. The Bertz CT molecular complexity index is 989. The molecule has 0 spiro atoms. The maximum Gasteiger partial charge on any atom is 0.265 e. The number of aliphatic hydroxyl groups excluding tert-OH is 1. The fourth-order valence-corrected chi connectivity index (χ4v) is 4.62. The number of β-amino-alcohol motifs (C(OH)–C–C–N with tert-alkyl or cyclic N) is 1. The first-order valence-electron chi connectivity index (χ1n) is 9.61. The molecule has 30 heavy (non-hydrogen) atoms. The first kappa shape index (κ1) is 21.0. The molecule has 158 valence electrons. The number of fused-ring (bicyclic) bond motifs is 1. The SMILES string of the molecule is O=C(Nc1cccc2c1C(=O)N(CC(O)CN1CCNCC1)C2=O)c1ccc(Cl)s1. The second-order valence-corrected chi connectivity index (χ2v) is 8.93. The Morgan fingerprint density at radius 1 is 1.17 bits per heavy atom. The number of benzene rings is 1. The summed E-state index contributed by atoms with van der Waals surface area (Å²) in [5.74, 6) is -1.39. The van der Waals surface area contributed by atoms with Gasteiger partial charge in [0.2, 0.25) is 0 Å². The average Bonchev–Trinajstić information content (AvgIpc) is 3.27. The monoisotopic (exact) mass is 448 g/mol. The maximum absolute atomic E-state index is 13.0. The number of hydrogen-bond acceptors (Lipinski definition) is 7. The van der Waals surface area contributed by atoms with Crippen molar-refractivity contribution in [1.29, 1.82) is 0 Å². The van der Waals surface area contributed by atoms with E-state index in [0.717, 1.165) is 42.4 Å². The van der Waals surface area contributed by atoms with Crippen molar-refractivity contribution in [2.75, 3.05) is 44.6 Å². The van der Waals surface area contributed by atoms with Gasteiger partial charge in [0.15, 0.2) is 0 Å². The van der Waals surface area contributed by atoms with Crippen LogP contribution >= 0.6 is 22.9 Å². The minimum atomic E-state index is -0.850. The lowest BCUT2D eigenvalue weighted by molar-refractivity contribution is 0.0463. The molecule has 2 aromatic rings. The number of carbonyl (C=O) groups excluding carboxylic acids is 3. The zero-order valence-electron chi connectivity index (χ0n) is 16.1. The highest BCUT2D eigenvalue weighted by Crippen LogP contribution is 2.30. The van der Waals surface area contributed by atoms with Gasteiger partial charge in [-0.25, -0.2) is 0 Å². The van der Waals surface area contributed by atoms with E-state index in [1.54, 1.807) is 30.3 Å². The van der Waals surface area contributed by atoms with Crippen molar-refractivity contribution < 1.29 is 19.5 Å². The summed E-state index contributed by atoms with van der Waals surface area (Å²) < 4.78 is 0.481. The molecule has 1 saturated heterocycles. The third-order valence-electron chi connectivity index (χ3n) is 5.12. The summed E-state index contributed by atoms with van der Waals surface area (Å²) >= 11 is 7.01. The van der Waals surface area contributed by atoms with Crippen LogP contribution in [0.5, 0.6) is 0 Å². The van der Waals surface area contributed by atoms with Gasteiger partial charge in [-0.3, -0.25) is 24.2 Å². The van der Waals surface area contributed by atoms with Gasteiger partial charge in [-0.2, -0.15) is 0 Å². The van der Waals surface area contributed by atoms with Gasteiger partial charge >= 0.3 is 0 Å². The van der Waals surface area contributed by atoms with Crippen molar-refractivity contribution in [3.05, 3.63) is 50.7 Å². The van der Waals surface area contributed by atoms with Crippen LogP contribution < -0.4 is 10.6 Å². The highest BCUT2D eigenvalue weighted by Gasteiger charge is 2.38. The lowest BCUT2D eigenvalue weighted by atomic mass is 10.1. The van der Waals surface area contributed by atoms with Crippen LogP contribution in [0.1, 0.15) is 30.4 Å². The van der Waals surface area contributed by atoms with Crippen molar-refractivity contribution >= 4 is 46.3 Å². The van der Waals surface area contributed by atoms with E-state index in [4.69, 9.17) is 11.6 Å². The number of nitrogens with one attached hydrogen (secondary N) is 2. The van der Waals surface area contributed by atoms with Gasteiger partial charge in [0.25, 0.3) is 17.7 Å². The van der Waals surface area contributed by atoms with Crippen LogP contribution in [0.15, 0.2) is 30.3 Å². The molecule has 8 nitrogen and oxygen atoms in total. The van der Waals surface area contributed by atoms with Gasteiger partial charge in [0, 0.05) is 32.7 Å². The van der Waals surface area contributed by atoms with Crippen molar-refractivity contribution in [3.63, 3.8) is 0 Å². The molecule has 1 aromatic heterocycles. The summed E-state index contributed by atoms with van der Waals surface area (Å²) in [6.07, 6.45) is -0.850. The van der Waals surface area contributed by atoms with E-state index in [2.05, 4.69) is 15.5 Å². The molecule has 2 aliphatic rings. The number of amides is 3. The van der Waals surface area contributed by atoms with Crippen molar-refractivity contribution in [2.24, 2.45) is 0 Å². The number of nitrogens with zero attached hydrogens (tertiary/aromatic N) is 2. The second kappa shape index (κ2) is 8.83. The van der Waals surface area contributed by atoms with Crippen LogP contribution in [0.25, 0.3) is 0 Å². The van der Waals surface area contributed by atoms with E-state index in [1.165, 1.54) is 0 Å². The Labute approximate surface area is 182 Å². The van der Waals surface area contributed by atoms with Gasteiger partial charge < -0.3 is 15.7 Å². The third-order valence-corrected chi connectivity index (χ3v) is 6.35. The Hall–Kier alpha value is -2.30. The highest BCUT2D eigenvalue weighted by atomic mass is 35.5. The fourth-order valence-electron chi connectivity index (χ4n) is 3.68. The van der Waals surface area contributed by atoms with Crippen LogP contribution in [0.3, 0.4) is 0 Å². The van der Waals surface area contributed by atoms with Gasteiger partial charge in [0.1, 0.15) is 0 Å². The predicted molar refractivity (Wildman–Crippen MR) is 114 cm³/mol. The Morgan fingerprint density at radius 2 is 1.93 bits per heavy atom. The topological polar surface area (TPSA) is 102 Å². The van der Waals surface area contributed by atoms with E-state index in [-0.39, 0.29) is 23.4 Å². The number of piperazine rings is 1. The molecular weight excluding hydrogens is 428 g/mol. The zero-order valence-corrected chi connectivity index (χ0v) is 17.6. The predicted octanol–water partition coefficient (Wildman–Crippen LogP) is 1.52. The highest BCUT2D eigenvalue weighted by molar-refractivity contribution is 7.18. The molecule has 1 unspecified atom stereocenters. The van der Waals surface area contributed by atoms with Gasteiger partial charge in [-0.05, 0) is 24.3 Å². The summed E-state index contributed by atoms with van der Waals surface area (Å²) in [5.41, 5.74) is 0.628. The molecule has 10 heteroatoms. The molecule has 3 N–H and O–H groups in total. The molecule has 3 amide bonds. The maximum atomic E-state index is 13.0. The summed E-state index contributed by atoms with van der Waals surface area (Å²) in [6.45, 7) is 3.60. The smallest absolute Gasteiger partial charge is 0.265 e. The quantitative estimate of drug-likeness (QED) is 0.579. The standard InChI is InChI=1S/C20H21ClN4O4S/c21-16-5-4-15(30-16)18(27)23-14-3-1-2-13-17(14)20(29)25(19(13)28)11-12(26)10-24-8-6-22-7-9-24/h1-5,12,22,26H,6-11H2,(H,23,27). The Morgan fingerprint density at radius 3 is 2.63 bits per heavy atom. The van der Waals surface area contributed by atoms with E-state index in [0.29, 0.717) is 15.8 Å². The number of anilines is 1. The van der Waals surface area contributed by atoms with Crippen molar-refractivity contribution in [1.82, 2.24) is 15.1 Å². The lowest BCUT2D eigenvalue weighted by Crippen LogP contribution is -2.48. The molecule has 0 bridgehead atoms. The molecule has 1 aromatic carbocycles. The van der Waals surface area contributed by atoms with E-state index < -0.39 is 23.8 Å². The first-order chi connectivity index (χ1) is 14.4. The largest absolute Gasteiger partial charge is 0.390 e. The molecule has 0 radical (unpaired) electrons. The summed E-state index contributed by atoms with van der Waals surface area (Å²) in [5, 5.41) is 16.4. The Kier molecular flexibility index (Phi) is 6.16. The Balaban J connectivity index is 1.48. The van der Waals surface area contributed by atoms with E-state index in [9.17, 15) is 19.5 Å². The average molecular weight is 449 g/mol. The van der Waals surface area contributed by atoms with Crippen LogP contribution in [-0.4, -0.2) is 78.0 Å². The minimum Gasteiger partial charge on any atom is -0.390 e. The van der Waals surface area contributed by atoms with Gasteiger partial charge in [0.05, 0.1) is 38.7 Å². The fraction of sp³-hybridized carbons (Fsp3) is 0.350. The molecule has 4 rings (SSSR count). The van der Waals surface area contributed by atoms with Gasteiger partial charge in [-0.1, -0.05) is 17.7 Å². The van der Waals surface area contributed by atoms with E-state index >= 15 is 0 Å². The normalized spacial score (nSPS) is 17.9. The van der Waals surface area contributed by atoms with Crippen LogP contribution in [0.4, 0.5) is 5.69 Å². The van der Waals surface area contributed by atoms with Crippen molar-refractivity contribution in [2.45, 2.75) is 6.10 Å². The van der Waals surface area contributed by atoms with Crippen molar-refractivity contribution in [3.8, 4) is 0 Å². The number of rotatable bonds is 6. The number of hydrogen-bond donors (Lipinski definition) is 3. The number of aliphatic hydroxyl groups is 1. The third kappa shape index (κ3) is 4.26. The van der Waals surface area contributed by atoms with Gasteiger partial charge in [-0.15, -0.1) is 11.3 Å². The number of carbonyl (C=O) groups is 3. The molecule has 0 aliphatic carbocycles. The van der Waals surface area contributed by atoms with Crippen LogP contribution in [0, 0.1) is 0 Å². The molecule has 3 heterocycles.